The lowest BCUT2D eigenvalue weighted by Gasteiger charge is -2.25. The van der Waals surface area contributed by atoms with Crippen molar-refractivity contribution >= 4 is 6.09 Å². The van der Waals surface area contributed by atoms with Crippen LogP contribution in [0.5, 0.6) is 0 Å². The van der Waals surface area contributed by atoms with Gasteiger partial charge in [0.1, 0.15) is 6.10 Å². The van der Waals surface area contributed by atoms with Crippen LogP contribution in [-0.2, 0) is 4.74 Å². The number of carbonyl (C=O) groups is 1. The van der Waals surface area contributed by atoms with Gasteiger partial charge in [0, 0.05) is 26.1 Å². The Labute approximate surface area is 83.8 Å². The van der Waals surface area contributed by atoms with E-state index in [2.05, 4.69) is 4.90 Å². The van der Waals surface area contributed by atoms with Crippen molar-refractivity contribution < 1.29 is 9.53 Å². The maximum atomic E-state index is 11.2. The van der Waals surface area contributed by atoms with Gasteiger partial charge in [-0.2, -0.15) is 0 Å². The Morgan fingerprint density at radius 1 is 1.36 bits per heavy atom. The molecule has 3 saturated heterocycles. The molecular weight excluding hydrogens is 180 g/mol. The average Bonchev–Trinajstić information content (AvgIpc) is 2.82. The maximum absolute atomic E-state index is 11.2. The molecule has 0 N–H and O–H groups in total. The zero-order valence-electron chi connectivity index (χ0n) is 8.48. The first-order valence-electron chi connectivity index (χ1n) is 5.38. The molecule has 0 spiro atoms. The second kappa shape index (κ2) is 2.86. The number of hydrogen-bond donors (Lipinski definition) is 0. The lowest BCUT2D eigenvalue weighted by molar-refractivity contribution is 0.0834. The summed E-state index contributed by atoms with van der Waals surface area (Å²) in [5, 5.41) is 0. The first kappa shape index (κ1) is 8.53. The van der Waals surface area contributed by atoms with Gasteiger partial charge < -0.3 is 14.5 Å². The molecule has 4 unspecified atom stereocenters. The van der Waals surface area contributed by atoms with Crippen molar-refractivity contribution in [2.45, 2.75) is 12.5 Å². The van der Waals surface area contributed by atoms with Crippen LogP contribution < -0.4 is 0 Å². The number of ether oxygens (including phenoxy) is 1. The normalized spacial score (nSPS) is 46.1. The molecule has 1 amide bonds. The summed E-state index contributed by atoms with van der Waals surface area (Å²) in [5.41, 5.74) is 0. The lowest BCUT2D eigenvalue weighted by atomic mass is 9.88. The monoisotopic (exact) mass is 196 g/mol. The Hall–Kier alpha value is -0.770. The minimum atomic E-state index is -0.146. The van der Waals surface area contributed by atoms with E-state index in [0.29, 0.717) is 5.92 Å². The highest BCUT2D eigenvalue weighted by Crippen LogP contribution is 2.37. The number of fused-ring (bicyclic) bond motifs is 2. The number of nitrogens with zero attached hydrogens (tertiary/aromatic N) is 2. The van der Waals surface area contributed by atoms with Gasteiger partial charge in [0.2, 0.25) is 0 Å². The molecule has 3 rings (SSSR count). The van der Waals surface area contributed by atoms with Crippen molar-refractivity contribution in [2.75, 3.05) is 33.2 Å². The number of amides is 1. The van der Waals surface area contributed by atoms with E-state index in [1.54, 1.807) is 4.90 Å². The van der Waals surface area contributed by atoms with Gasteiger partial charge in [-0.3, -0.25) is 0 Å². The van der Waals surface area contributed by atoms with E-state index in [1.807, 2.05) is 7.05 Å². The molecule has 4 atom stereocenters. The number of rotatable bonds is 1. The molecule has 0 aromatic heterocycles. The van der Waals surface area contributed by atoms with E-state index < -0.39 is 0 Å². The highest BCUT2D eigenvalue weighted by molar-refractivity contribution is 5.69. The Morgan fingerprint density at radius 2 is 2.21 bits per heavy atom. The summed E-state index contributed by atoms with van der Waals surface area (Å²) in [6.45, 7) is 4.39. The van der Waals surface area contributed by atoms with Crippen molar-refractivity contribution in [3.05, 3.63) is 0 Å². The minimum Gasteiger partial charge on any atom is -0.444 e. The summed E-state index contributed by atoms with van der Waals surface area (Å²) < 4.78 is 5.37. The molecule has 0 aliphatic carbocycles. The Bertz CT molecular complexity index is 269. The smallest absolute Gasteiger partial charge is 0.409 e. The number of likely N-dealkylation sites (N-methyl/N-ethyl adjacent to an activating group) is 1. The van der Waals surface area contributed by atoms with E-state index in [-0.39, 0.29) is 12.2 Å². The van der Waals surface area contributed by atoms with Gasteiger partial charge in [-0.25, -0.2) is 4.79 Å². The SMILES string of the molecule is CN1CC(C2CN3CCC2C3)OC1=O. The quantitative estimate of drug-likeness (QED) is 0.608. The second-order valence-corrected chi connectivity index (χ2v) is 4.77. The standard InChI is InChI=1S/C10H16N2O2/c1-11-6-9(14-10(11)13)8-5-12-3-2-7(8)4-12/h7-9H,2-6H2,1H3. The molecule has 0 saturated carbocycles. The van der Waals surface area contributed by atoms with Gasteiger partial charge in [-0.1, -0.05) is 0 Å². The molecular formula is C10H16N2O2. The van der Waals surface area contributed by atoms with Crippen molar-refractivity contribution in [1.82, 2.24) is 9.80 Å². The Morgan fingerprint density at radius 3 is 2.71 bits per heavy atom. The van der Waals surface area contributed by atoms with E-state index in [4.69, 9.17) is 4.74 Å². The predicted molar refractivity (Wildman–Crippen MR) is 50.9 cm³/mol. The van der Waals surface area contributed by atoms with Crippen LogP contribution in [0.4, 0.5) is 4.79 Å². The Kier molecular flexibility index (Phi) is 1.74. The largest absolute Gasteiger partial charge is 0.444 e. The third-order valence-corrected chi connectivity index (χ3v) is 3.88. The van der Waals surface area contributed by atoms with Crippen LogP contribution in [0.15, 0.2) is 0 Å². The van der Waals surface area contributed by atoms with Crippen LogP contribution in [0.1, 0.15) is 6.42 Å². The van der Waals surface area contributed by atoms with Crippen LogP contribution >= 0.6 is 0 Å². The van der Waals surface area contributed by atoms with Gasteiger partial charge >= 0.3 is 6.09 Å². The van der Waals surface area contributed by atoms with E-state index >= 15 is 0 Å². The summed E-state index contributed by atoms with van der Waals surface area (Å²) in [4.78, 5) is 15.4. The van der Waals surface area contributed by atoms with Crippen LogP contribution in [0.3, 0.4) is 0 Å². The lowest BCUT2D eigenvalue weighted by Crippen LogP contribution is -2.34. The molecule has 3 heterocycles. The minimum absolute atomic E-state index is 0.146. The molecule has 3 aliphatic heterocycles. The molecule has 0 aromatic carbocycles. The summed E-state index contributed by atoms with van der Waals surface area (Å²) in [5.74, 6) is 1.37. The highest BCUT2D eigenvalue weighted by Gasteiger charge is 2.46. The summed E-state index contributed by atoms with van der Waals surface area (Å²) in [6, 6.07) is 0. The second-order valence-electron chi connectivity index (χ2n) is 4.77. The summed E-state index contributed by atoms with van der Waals surface area (Å²) in [7, 11) is 1.82. The Balaban J connectivity index is 1.70. The highest BCUT2D eigenvalue weighted by atomic mass is 16.6. The molecule has 0 aromatic rings. The molecule has 4 heteroatoms. The van der Waals surface area contributed by atoms with Gasteiger partial charge in [0.05, 0.1) is 6.54 Å². The average molecular weight is 196 g/mol. The number of carbonyl (C=O) groups excluding carboxylic acids is 1. The fourth-order valence-electron chi connectivity index (χ4n) is 3.07. The molecule has 3 aliphatic rings. The fourth-order valence-corrected chi connectivity index (χ4v) is 3.07. The van der Waals surface area contributed by atoms with E-state index in [1.165, 1.54) is 19.5 Å². The first-order chi connectivity index (χ1) is 6.74. The van der Waals surface area contributed by atoms with Crippen LogP contribution in [0, 0.1) is 11.8 Å². The predicted octanol–water partition coefficient (Wildman–Crippen LogP) is 0.389. The van der Waals surface area contributed by atoms with Crippen molar-refractivity contribution in [1.29, 1.82) is 0 Å². The third kappa shape index (κ3) is 1.13. The molecule has 3 fully saturated rings. The number of piperidine rings is 1. The topological polar surface area (TPSA) is 32.8 Å². The summed E-state index contributed by atoms with van der Waals surface area (Å²) in [6.07, 6.45) is 1.30. The van der Waals surface area contributed by atoms with Gasteiger partial charge in [0.25, 0.3) is 0 Å². The van der Waals surface area contributed by atoms with Gasteiger partial charge in [-0.15, -0.1) is 0 Å². The maximum Gasteiger partial charge on any atom is 0.409 e. The third-order valence-electron chi connectivity index (χ3n) is 3.88. The van der Waals surface area contributed by atoms with Gasteiger partial charge in [-0.05, 0) is 18.9 Å². The van der Waals surface area contributed by atoms with Crippen LogP contribution in [0.2, 0.25) is 0 Å². The number of hydrogen-bond acceptors (Lipinski definition) is 3. The summed E-state index contributed by atoms with van der Waals surface area (Å²) >= 11 is 0. The molecule has 14 heavy (non-hydrogen) atoms. The first-order valence-corrected chi connectivity index (χ1v) is 5.38. The molecule has 78 valence electrons. The van der Waals surface area contributed by atoms with Crippen LogP contribution in [0.25, 0.3) is 0 Å². The zero-order chi connectivity index (χ0) is 9.71. The van der Waals surface area contributed by atoms with Gasteiger partial charge in [0.15, 0.2) is 0 Å². The van der Waals surface area contributed by atoms with Crippen LogP contribution in [-0.4, -0.2) is 55.2 Å². The van der Waals surface area contributed by atoms with E-state index in [9.17, 15) is 4.79 Å². The van der Waals surface area contributed by atoms with E-state index in [0.717, 1.165) is 19.0 Å². The zero-order valence-corrected chi connectivity index (χ0v) is 8.48. The van der Waals surface area contributed by atoms with Crippen molar-refractivity contribution in [3.63, 3.8) is 0 Å². The van der Waals surface area contributed by atoms with Crippen molar-refractivity contribution in [3.8, 4) is 0 Å². The fraction of sp³-hybridized carbons (Fsp3) is 0.900. The number of cyclic esters (lactones) is 1. The molecule has 2 bridgehead atoms. The molecule has 4 nitrogen and oxygen atoms in total. The van der Waals surface area contributed by atoms with Crippen molar-refractivity contribution in [2.24, 2.45) is 11.8 Å². The molecule has 0 radical (unpaired) electrons.